The first-order chi connectivity index (χ1) is 16.2. The quantitative estimate of drug-likeness (QED) is 0.368. The van der Waals surface area contributed by atoms with Gasteiger partial charge < -0.3 is 9.64 Å². The Labute approximate surface area is 198 Å². The number of nitrogens with zero attached hydrogens (tertiary/aromatic N) is 2. The van der Waals surface area contributed by atoms with Crippen LogP contribution in [0.2, 0.25) is 0 Å². The number of para-hydroxylation sites is 1. The number of anilines is 1. The van der Waals surface area contributed by atoms with E-state index in [9.17, 15) is 31.1 Å². The van der Waals surface area contributed by atoms with Crippen molar-refractivity contribution in [2.75, 3.05) is 19.1 Å². The van der Waals surface area contributed by atoms with Crippen LogP contribution in [0.25, 0.3) is 11.1 Å². The molecule has 0 atom stereocenters. The molecule has 0 N–H and O–H groups in total. The van der Waals surface area contributed by atoms with Crippen molar-refractivity contribution >= 4 is 11.6 Å². The number of carbonyl (C=O) groups excluding carboxylic acids is 1. The summed E-state index contributed by atoms with van der Waals surface area (Å²) in [7, 11) is 2.87. The zero-order valence-corrected chi connectivity index (χ0v) is 19.3. The number of pyridine rings is 1. The van der Waals surface area contributed by atoms with Crippen LogP contribution in [-0.4, -0.2) is 25.0 Å². The number of hydrogen-bond donors (Lipinski definition) is 0. The first kappa shape index (κ1) is 26.1. The first-order valence-corrected chi connectivity index (χ1v) is 10.3. The predicted molar refractivity (Wildman–Crippen MR) is 119 cm³/mol. The maximum Gasteiger partial charge on any atom is 0.416 e. The lowest BCUT2D eigenvalue weighted by atomic mass is 9.81. The number of halogens is 6. The molecule has 3 aromatic rings. The van der Waals surface area contributed by atoms with Crippen LogP contribution in [0.3, 0.4) is 0 Å². The van der Waals surface area contributed by atoms with Crippen LogP contribution in [0, 0.1) is 0 Å². The van der Waals surface area contributed by atoms with E-state index in [1.165, 1.54) is 51.4 Å². The van der Waals surface area contributed by atoms with Crippen molar-refractivity contribution in [3.05, 3.63) is 77.6 Å². The van der Waals surface area contributed by atoms with Crippen LogP contribution < -0.4 is 9.64 Å². The molecule has 3 rings (SSSR count). The van der Waals surface area contributed by atoms with Gasteiger partial charge >= 0.3 is 12.4 Å². The van der Waals surface area contributed by atoms with Gasteiger partial charge in [-0.2, -0.15) is 26.3 Å². The maximum absolute atomic E-state index is 13.5. The van der Waals surface area contributed by atoms with E-state index in [2.05, 4.69) is 4.98 Å². The zero-order valence-electron chi connectivity index (χ0n) is 19.3. The van der Waals surface area contributed by atoms with E-state index >= 15 is 0 Å². The number of hydrogen-bond acceptors (Lipinski definition) is 3. The molecule has 0 fully saturated rings. The molecule has 0 unspecified atom stereocenters. The molecule has 0 aliphatic heterocycles. The van der Waals surface area contributed by atoms with Gasteiger partial charge in [-0.25, -0.2) is 0 Å². The van der Waals surface area contributed by atoms with Crippen LogP contribution in [0.4, 0.5) is 32.0 Å². The van der Waals surface area contributed by atoms with Crippen LogP contribution >= 0.6 is 0 Å². The van der Waals surface area contributed by atoms with Gasteiger partial charge in [0.15, 0.2) is 0 Å². The lowest BCUT2D eigenvalue weighted by Gasteiger charge is -2.32. The first-order valence-electron chi connectivity index (χ1n) is 10.3. The second-order valence-electron chi connectivity index (χ2n) is 8.38. The van der Waals surface area contributed by atoms with Gasteiger partial charge in [0.2, 0.25) is 5.91 Å². The van der Waals surface area contributed by atoms with E-state index in [1.54, 1.807) is 24.3 Å². The molecule has 1 heterocycles. The number of aromatic nitrogens is 1. The molecule has 0 bridgehead atoms. The van der Waals surface area contributed by atoms with Gasteiger partial charge in [0.1, 0.15) is 5.75 Å². The third-order valence-corrected chi connectivity index (χ3v) is 5.71. The van der Waals surface area contributed by atoms with E-state index in [0.717, 1.165) is 0 Å². The minimum atomic E-state index is -5.02. The van der Waals surface area contributed by atoms with E-state index < -0.39 is 40.4 Å². The van der Waals surface area contributed by atoms with Gasteiger partial charge in [-0.3, -0.25) is 9.78 Å². The smallest absolute Gasteiger partial charge is 0.416 e. The summed E-state index contributed by atoms with van der Waals surface area (Å²) >= 11 is 0. The lowest BCUT2D eigenvalue weighted by molar-refractivity contribution is -0.143. The number of likely N-dealkylation sites (N-methyl/N-ethyl adjacent to an activating group) is 1. The van der Waals surface area contributed by atoms with Gasteiger partial charge in [-0.1, -0.05) is 18.2 Å². The van der Waals surface area contributed by atoms with Gasteiger partial charge in [0.25, 0.3) is 0 Å². The molecule has 0 saturated heterocycles. The van der Waals surface area contributed by atoms with Crippen LogP contribution in [0.1, 0.15) is 30.5 Å². The maximum atomic E-state index is 13.5. The number of methoxy groups -OCH3 is 1. The number of alkyl halides is 6. The van der Waals surface area contributed by atoms with Gasteiger partial charge in [0, 0.05) is 30.6 Å². The van der Waals surface area contributed by atoms with Crippen molar-refractivity contribution in [3.8, 4) is 16.9 Å². The lowest BCUT2D eigenvalue weighted by Crippen LogP contribution is -2.42. The average Bonchev–Trinajstić information content (AvgIpc) is 2.81. The number of amides is 1. The third-order valence-electron chi connectivity index (χ3n) is 5.71. The SMILES string of the molecule is COc1ccccc1-c1cnccc1N(C)C(=O)C(C)(C)c1cc(C(F)(F)F)cc(C(F)(F)F)c1. The molecular formula is C25H22F6N2O2. The summed E-state index contributed by atoms with van der Waals surface area (Å²) in [5.41, 5.74) is -3.66. The molecule has 1 aromatic heterocycles. The zero-order chi connectivity index (χ0) is 26.2. The Kier molecular flexibility index (Phi) is 6.88. The summed E-state index contributed by atoms with van der Waals surface area (Å²) in [5.74, 6) is -0.221. The molecule has 186 valence electrons. The fourth-order valence-corrected chi connectivity index (χ4v) is 3.72. The Balaban J connectivity index is 2.11. The average molecular weight is 496 g/mol. The summed E-state index contributed by atoms with van der Waals surface area (Å²) in [6.07, 6.45) is -7.13. The largest absolute Gasteiger partial charge is 0.496 e. The van der Waals surface area contributed by atoms with E-state index in [-0.39, 0.29) is 6.07 Å². The van der Waals surface area contributed by atoms with Crippen molar-refractivity contribution in [2.45, 2.75) is 31.6 Å². The topological polar surface area (TPSA) is 42.4 Å². The molecule has 4 nitrogen and oxygen atoms in total. The van der Waals surface area contributed by atoms with Crippen LogP contribution in [0.5, 0.6) is 5.75 Å². The highest BCUT2D eigenvalue weighted by Crippen LogP contribution is 2.41. The highest BCUT2D eigenvalue weighted by Gasteiger charge is 2.41. The number of rotatable bonds is 5. The predicted octanol–water partition coefficient (Wildman–Crippen LogP) is 6.74. The molecule has 35 heavy (non-hydrogen) atoms. The number of ether oxygens (including phenoxy) is 1. The van der Waals surface area contributed by atoms with E-state index in [4.69, 9.17) is 4.74 Å². The Morgan fingerprint density at radius 2 is 1.40 bits per heavy atom. The van der Waals surface area contributed by atoms with Gasteiger partial charge in [0.05, 0.1) is 29.3 Å². The molecule has 0 radical (unpaired) electrons. The minimum Gasteiger partial charge on any atom is -0.496 e. The number of benzene rings is 2. The summed E-state index contributed by atoms with van der Waals surface area (Å²) in [5, 5.41) is 0. The fourth-order valence-electron chi connectivity index (χ4n) is 3.72. The van der Waals surface area contributed by atoms with Crippen LogP contribution in [-0.2, 0) is 22.6 Å². The fraction of sp³-hybridized carbons (Fsp3) is 0.280. The summed E-state index contributed by atoms with van der Waals surface area (Å²) < 4.78 is 85.7. The van der Waals surface area contributed by atoms with E-state index in [0.29, 0.717) is 34.7 Å². The molecule has 0 aliphatic rings. The third kappa shape index (κ3) is 5.26. The molecule has 1 amide bonds. The second-order valence-corrected chi connectivity index (χ2v) is 8.38. The molecule has 10 heteroatoms. The van der Waals surface area contributed by atoms with Gasteiger partial charge in [-0.15, -0.1) is 0 Å². The molecule has 0 aliphatic carbocycles. The molecular weight excluding hydrogens is 474 g/mol. The Hall–Kier alpha value is -3.56. The highest BCUT2D eigenvalue weighted by molar-refractivity contribution is 6.03. The van der Waals surface area contributed by atoms with Crippen molar-refractivity contribution in [1.82, 2.24) is 4.98 Å². The summed E-state index contributed by atoms with van der Waals surface area (Å²) in [6.45, 7) is 2.57. The summed E-state index contributed by atoms with van der Waals surface area (Å²) in [4.78, 5) is 18.8. The van der Waals surface area contributed by atoms with Crippen LogP contribution in [0.15, 0.2) is 60.9 Å². The number of carbonyl (C=O) groups is 1. The van der Waals surface area contributed by atoms with Crippen molar-refractivity contribution in [2.24, 2.45) is 0 Å². The molecule has 2 aromatic carbocycles. The Morgan fingerprint density at radius 3 is 1.94 bits per heavy atom. The Bertz CT molecular complexity index is 1200. The summed E-state index contributed by atoms with van der Waals surface area (Å²) in [6, 6.07) is 9.68. The van der Waals surface area contributed by atoms with Crippen molar-refractivity contribution in [3.63, 3.8) is 0 Å². The standard InChI is InChI=1S/C25H22F6N2O2/c1-23(2,15-11-16(24(26,27)28)13-17(12-15)25(29,30)31)22(34)33(3)20-9-10-32-14-19(20)18-7-5-6-8-21(18)35-4/h5-14H,1-4H3. The molecule has 0 spiro atoms. The van der Waals surface area contributed by atoms with Crippen molar-refractivity contribution in [1.29, 1.82) is 0 Å². The monoisotopic (exact) mass is 496 g/mol. The minimum absolute atomic E-state index is 0.0381. The molecule has 0 saturated carbocycles. The van der Waals surface area contributed by atoms with E-state index in [1.807, 2.05) is 0 Å². The highest BCUT2D eigenvalue weighted by atomic mass is 19.4. The van der Waals surface area contributed by atoms with Gasteiger partial charge in [-0.05, 0) is 49.7 Å². The second kappa shape index (κ2) is 9.24. The Morgan fingerprint density at radius 1 is 0.857 bits per heavy atom. The van der Waals surface area contributed by atoms with Crippen molar-refractivity contribution < 1.29 is 35.9 Å². The normalized spacial score (nSPS) is 12.4.